The summed E-state index contributed by atoms with van der Waals surface area (Å²) in [6, 6.07) is 0. The molecule has 124 valence electrons. The number of rotatable bonds is 3. The van der Waals surface area contributed by atoms with Crippen LogP contribution in [0.5, 0.6) is 0 Å². The first-order chi connectivity index (χ1) is 9.76. The van der Waals surface area contributed by atoms with Gasteiger partial charge >= 0.3 is 0 Å². The molecule has 0 aromatic rings. The Bertz CT molecular complexity index is 328. The van der Waals surface area contributed by atoms with E-state index < -0.39 is 5.60 Å². The third-order valence-corrected chi connectivity index (χ3v) is 7.06. The number of hydrogen-bond acceptors (Lipinski definition) is 2. The van der Waals surface area contributed by atoms with Gasteiger partial charge in [0.1, 0.15) is 0 Å². The van der Waals surface area contributed by atoms with E-state index in [-0.39, 0.29) is 5.41 Å². The minimum Gasteiger partial charge on any atom is -0.389 e. The average molecular weight is 296 g/mol. The second-order valence-electron chi connectivity index (χ2n) is 9.01. The summed E-state index contributed by atoms with van der Waals surface area (Å²) in [7, 11) is 0. The first-order valence-corrected chi connectivity index (χ1v) is 9.19. The maximum atomic E-state index is 11.4. The lowest BCUT2D eigenvalue weighted by Crippen LogP contribution is -2.56. The van der Waals surface area contributed by atoms with Gasteiger partial charge in [0, 0.05) is 12.0 Å². The largest absolute Gasteiger partial charge is 0.389 e. The van der Waals surface area contributed by atoms with Crippen molar-refractivity contribution in [3.8, 4) is 0 Å². The minimum absolute atomic E-state index is 0.00151. The molecular formula is C19H37NO. The van der Waals surface area contributed by atoms with Gasteiger partial charge in [0.2, 0.25) is 0 Å². The van der Waals surface area contributed by atoms with E-state index in [9.17, 15) is 5.11 Å². The zero-order chi connectivity index (χ0) is 15.7. The van der Waals surface area contributed by atoms with Gasteiger partial charge < -0.3 is 10.8 Å². The lowest BCUT2D eigenvalue weighted by molar-refractivity contribution is -0.138. The fraction of sp³-hybridized carbons (Fsp3) is 1.00. The zero-order valence-corrected chi connectivity index (χ0v) is 14.8. The SMILES string of the molecule is CCC1CCC(CN)(C2(O)CCC(C(C)(C)C)CC2)CC1. The molecule has 2 aliphatic carbocycles. The third kappa shape index (κ3) is 3.32. The van der Waals surface area contributed by atoms with Crippen LogP contribution in [0.15, 0.2) is 0 Å². The Hall–Kier alpha value is -0.0800. The summed E-state index contributed by atoms with van der Waals surface area (Å²) in [6.07, 6.45) is 10.3. The molecule has 2 fully saturated rings. The molecule has 0 aliphatic heterocycles. The topological polar surface area (TPSA) is 46.2 Å². The molecule has 0 radical (unpaired) electrons. The Kier molecular flexibility index (Phi) is 5.10. The monoisotopic (exact) mass is 295 g/mol. The maximum absolute atomic E-state index is 11.4. The van der Waals surface area contributed by atoms with Crippen LogP contribution in [0, 0.1) is 22.7 Å². The Morgan fingerprint density at radius 1 is 1.00 bits per heavy atom. The molecule has 0 atom stereocenters. The maximum Gasteiger partial charge on any atom is 0.0716 e. The van der Waals surface area contributed by atoms with Crippen molar-refractivity contribution in [2.45, 2.75) is 91.1 Å². The fourth-order valence-corrected chi connectivity index (χ4v) is 4.99. The van der Waals surface area contributed by atoms with Gasteiger partial charge in [-0.25, -0.2) is 0 Å². The van der Waals surface area contributed by atoms with Crippen molar-refractivity contribution in [3.05, 3.63) is 0 Å². The van der Waals surface area contributed by atoms with Gasteiger partial charge in [-0.15, -0.1) is 0 Å². The van der Waals surface area contributed by atoms with Crippen LogP contribution < -0.4 is 5.73 Å². The molecule has 2 heteroatoms. The van der Waals surface area contributed by atoms with E-state index in [2.05, 4.69) is 27.7 Å². The van der Waals surface area contributed by atoms with Crippen molar-refractivity contribution in [3.63, 3.8) is 0 Å². The first-order valence-electron chi connectivity index (χ1n) is 9.19. The molecular weight excluding hydrogens is 258 g/mol. The predicted molar refractivity (Wildman–Crippen MR) is 90.1 cm³/mol. The van der Waals surface area contributed by atoms with Gasteiger partial charge in [0.25, 0.3) is 0 Å². The van der Waals surface area contributed by atoms with E-state index in [1.807, 2.05) is 0 Å². The van der Waals surface area contributed by atoms with Crippen molar-refractivity contribution in [1.82, 2.24) is 0 Å². The molecule has 0 saturated heterocycles. The van der Waals surface area contributed by atoms with Crippen LogP contribution in [-0.4, -0.2) is 17.3 Å². The molecule has 2 saturated carbocycles. The number of nitrogens with two attached hydrogens (primary N) is 1. The summed E-state index contributed by atoms with van der Waals surface area (Å²) in [6.45, 7) is 9.98. The molecule has 2 rings (SSSR count). The van der Waals surface area contributed by atoms with Gasteiger partial charge in [-0.05, 0) is 68.6 Å². The molecule has 2 aliphatic rings. The summed E-state index contributed by atoms with van der Waals surface area (Å²) < 4.78 is 0. The van der Waals surface area contributed by atoms with Crippen LogP contribution in [0.25, 0.3) is 0 Å². The second kappa shape index (κ2) is 6.20. The van der Waals surface area contributed by atoms with Gasteiger partial charge in [-0.3, -0.25) is 0 Å². The molecule has 0 spiro atoms. The van der Waals surface area contributed by atoms with Crippen LogP contribution in [0.1, 0.15) is 85.5 Å². The van der Waals surface area contributed by atoms with E-state index in [0.717, 1.165) is 37.5 Å². The summed E-state index contributed by atoms with van der Waals surface area (Å²) in [4.78, 5) is 0. The molecule has 21 heavy (non-hydrogen) atoms. The summed E-state index contributed by atoms with van der Waals surface area (Å²) >= 11 is 0. The molecule has 0 aromatic heterocycles. The number of hydrogen-bond donors (Lipinski definition) is 2. The van der Waals surface area contributed by atoms with Crippen molar-refractivity contribution in [2.24, 2.45) is 28.4 Å². The van der Waals surface area contributed by atoms with E-state index >= 15 is 0 Å². The lowest BCUT2D eigenvalue weighted by Gasteiger charge is -2.54. The highest BCUT2D eigenvalue weighted by molar-refractivity contribution is 5.04. The van der Waals surface area contributed by atoms with Crippen molar-refractivity contribution >= 4 is 0 Å². The Morgan fingerprint density at radius 3 is 1.90 bits per heavy atom. The predicted octanol–water partition coefficient (Wildman–Crippen LogP) is 4.50. The molecule has 0 unspecified atom stereocenters. The van der Waals surface area contributed by atoms with Gasteiger partial charge in [0.05, 0.1) is 5.60 Å². The molecule has 0 heterocycles. The standard InChI is InChI=1S/C19H37NO/c1-5-15-6-10-18(14-20,11-7-15)19(21)12-8-16(9-13-19)17(2,3)4/h15-16,21H,5-14,20H2,1-4H3. The Morgan fingerprint density at radius 2 is 1.52 bits per heavy atom. The second-order valence-corrected chi connectivity index (χ2v) is 9.01. The van der Waals surface area contributed by atoms with Crippen molar-refractivity contribution in [2.75, 3.05) is 6.54 Å². The molecule has 2 nitrogen and oxygen atoms in total. The number of aliphatic hydroxyl groups is 1. The summed E-state index contributed by atoms with van der Waals surface area (Å²) in [5.41, 5.74) is 6.08. The average Bonchev–Trinajstić information content (AvgIpc) is 2.46. The summed E-state index contributed by atoms with van der Waals surface area (Å²) in [5.74, 6) is 1.61. The van der Waals surface area contributed by atoms with Gasteiger partial charge in [-0.2, -0.15) is 0 Å². The van der Waals surface area contributed by atoms with E-state index in [0.29, 0.717) is 12.0 Å². The van der Waals surface area contributed by atoms with Crippen LogP contribution in [0.2, 0.25) is 0 Å². The van der Waals surface area contributed by atoms with Crippen LogP contribution >= 0.6 is 0 Å². The smallest absolute Gasteiger partial charge is 0.0716 e. The van der Waals surface area contributed by atoms with Crippen molar-refractivity contribution < 1.29 is 5.11 Å². The van der Waals surface area contributed by atoms with E-state index in [4.69, 9.17) is 5.73 Å². The van der Waals surface area contributed by atoms with E-state index in [1.54, 1.807) is 0 Å². The fourth-order valence-electron chi connectivity index (χ4n) is 4.99. The molecule has 0 bridgehead atoms. The quantitative estimate of drug-likeness (QED) is 0.805. The van der Waals surface area contributed by atoms with Crippen molar-refractivity contribution in [1.29, 1.82) is 0 Å². The van der Waals surface area contributed by atoms with Gasteiger partial charge in [-0.1, -0.05) is 34.1 Å². The van der Waals surface area contributed by atoms with Crippen LogP contribution in [0.3, 0.4) is 0 Å². The van der Waals surface area contributed by atoms with Crippen LogP contribution in [0.4, 0.5) is 0 Å². The van der Waals surface area contributed by atoms with Crippen LogP contribution in [-0.2, 0) is 0 Å². The Balaban J connectivity index is 2.05. The normalized spacial score (nSPS) is 42.0. The van der Waals surface area contributed by atoms with E-state index in [1.165, 1.54) is 32.1 Å². The molecule has 3 N–H and O–H groups in total. The highest BCUT2D eigenvalue weighted by Gasteiger charge is 2.52. The lowest BCUT2D eigenvalue weighted by atomic mass is 9.55. The summed E-state index contributed by atoms with van der Waals surface area (Å²) in [5, 5.41) is 11.4. The highest BCUT2D eigenvalue weighted by atomic mass is 16.3. The van der Waals surface area contributed by atoms with Gasteiger partial charge in [0.15, 0.2) is 0 Å². The third-order valence-electron chi connectivity index (χ3n) is 7.06. The molecule has 0 amide bonds. The Labute approximate surface area is 131 Å². The zero-order valence-electron chi connectivity index (χ0n) is 14.8. The minimum atomic E-state index is -0.498. The highest BCUT2D eigenvalue weighted by Crippen LogP contribution is 2.54. The molecule has 0 aromatic carbocycles. The first kappa shape index (κ1) is 17.3.